The molecule has 1 saturated carbocycles. The first-order chi connectivity index (χ1) is 8.22. The van der Waals surface area contributed by atoms with Crippen molar-refractivity contribution in [2.75, 3.05) is 19.7 Å². The van der Waals surface area contributed by atoms with Crippen molar-refractivity contribution in [2.45, 2.75) is 25.3 Å². The highest BCUT2D eigenvalue weighted by Gasteiger charge is 2.26. The molecule has 0 amide bonds. The van der Waals surface area contributed by atoms with Gasteiger partial charge in [-0.15, -0.1) is 0 Å². The van der Waals surface area contributed by atoms with Gasteiger partial charge in [-0.1, -0.05) is 6.42 Å². The number of hydrogen-bond acceptors (Lipinski definition) is 3. The molecule has 1 aromatic rings. The van der Waals surface area contributed by atoms with Crippen molar-refractivity contribution in [3.05, 3.63) is 24.0 Å². The van der Waals surface area contributed by atoms with E-state index < -0.39 is 0 Å². The van der Waals surface area contributed by atoms with E-state index in [-0.39, 0.29) is 12.4 Å². The summed E-state index contributed by atoms with van der Waals surface area (Å²) in [4.78, 5) is 14.2. The number of ketones is 1. The van der Waals surface area contributed by atoms with Gasteiger partial charge in [-0.25, -0.2) is 0 Å². The van der Waals surface area contributed by atoms with Gasteiger partial charge in [0.05, 0.1) is 18.8 Å². The zero-order chi connectivity index (χ0) is 12.3. The molecular formula is C13H20N2O2. The van der Waals surface area contributed by atoms with E-state index >= 15 is 0 Å². The highest BCUT2D eigenvalue weighted by atomic mass is 16.3. The Hall–Kier alpha value is -1.13. The smallest absolute Gasteiger partial charge is 0.193 e. The Kier molecular flexibility index (Phi) is 3.97. The fourth-order valence-corrected chi connectivity index (χ4v) is 2.29. The third-order valence-electron chi connectivity index (χ3n) is 3.55. The van der Waals surface area contributed by atoms with Crippen molar-refractivity contribution < 1.29 is 9.90 Å². The summed E-state index contributed by atoms with van der Waals surface area (Å²) in [7, 11) is 1.88. The molecule has 4 nitrogen and oxygen atoms in total. The second kappa shape index (κ2) is 5.47. The molecule has 1 fully saturated rings. The third-order valence-corrected chi connectivity index (χ3v) is 3.55. The first-order valence-electron chi connectivity index (χ1n) is 6.22. The van der Waals surface area contributed by atoms with Crippen LogP contribution in [0.3, 0.4) is 0 Å². The average Bonchev–Trinajstić information content (AvgIpc) is 2.62. The van der Waals surface area contributed by atoms with E-state index in [4.69, 9.17) is 5.11 Å². The summed E-state index contributed by atoms with van der Waals surface area (Å²) in [6.07, 6.45) is 5.43. The summed E-state index contributed by atoms with van der Waals surface area (Å²) >= 11 is 0. The van der Waals surface area contributed by atoms with Crippen LogP contribution in [0, 0.1) is 0 Å². The molecule has 0 aliphatic heterocycles. The van der Waals surface area contributed by atoms with Crippen LogP contribution in [-0.2, 0) is 7.05 Å². The molecule has 0 atom stereocenters. The molecule has 0 unspecified atom stereocenters. The van der Waals surface area contributed by atoms with Gasteiger partial charge in [0.25, 0.3) is 0 Å². The molecule has 0 radical (unpaired) electrons. The summed E-state index contributed by atoms with van der Waals surface area (Å²) in [6, 6.07) is 4.22. The number of hydrogen-bond donors (Lipinski definition) is 1. The molecule has 1 aliphatic carbocycles. The fourth-order valence-electron chi connectivity index (χ4n) is 2.29. The van der Waals surface area contributed by atoms with Crippen molar-refractivity contribution in [1.82, 2.24) is 9.47 Å². The number of nitrogens with zero attached hydrogens (tertiary/aromatic N) is 2. The Labute approximate surface area is 102 Å². The predicted molar refractivity (Wildman–Crippen MR) is 66.0 cm³/mol. The Morgan fingerprint density at radius 3 is 2.82 bits per heavy atom. The van der Waals surface area contributed by atoms with Crippen LogP contribution >= 0.6 is 0 Å². The molecule has 94 valence electrons. The van der Waals surface area contributed by atoms with Crippen molar-refractivity contribution >= 4 is 5.78 Å². The largest absolute Gasteiger partial charge is 0.395 e. The van der Waals surface area contributed by atoms with E-state index in [9.17, 15) is 4.79 Å². The number of aromatic nitrogens is 1. The molecule has 2 rings (SSSR count). The van der Waals surface area contributed by atoms with Crippen LogP contribution in [0.15, 0.2) is 18.3 Å². The summed E-state index contributed by atoms with van der Waals surface area (Å²) in [5, 5.41) is 9.05. The molecule has 4 heteroatoms. The van der Waals surface area contributed by atoms with Gasteiger partial charge in [0, 0.05) is 25.8 Å². The minimum atomic E-state index is 0.122. The predicted octanol–water partition coefficient (Wildman–Crippen LogP) is 1.05. The second-order valence-electron chi connectivity index (χ2n) is 4.71. The molecule has 1 aliphatic rings. The van der Waals surface area contributed by atoms with Gasteiger partial charge in [0.15, 0.2) is 5.78 Å². The number of Topliss-reactive ketones (excluding diaryl/α,β-unsaturated/α-hetero) is 1. The number of aliphatic hydroxyl groups is 1. The van der Waals surface area contributed by atoms with E-state index in [0.29, 0.717) is 19.1 Å². The lowest BCUT2D eigenvalue weighted by Gasteiger charge is -2.36. The molecule has 0 aromatic carbocycles. The monoisotopic (exact) mass is 236 g/mol. The lowest BCUT2D eigenvalue weighted by molar-refractivity contribution is 0.0741. The van der Waals surface area contributed by atoms with Crippen molar-refractivity contribution in [3.8, 4) is 0 Å². The Balaban J connectivity index is 1.97. The maximum Gasteiger partial charge on any atom is 0.193 e. The highest BCUT2D eigenvalue weighted by Crippen LogP contribution is 2.24. The number of carbonyl (C=O) groups is 1. The molecule has 0 saturated heterocycles. The van der Waals surface area contributed by atoms with E-state index in [0.717, 1.165) is 18.5 Å². The Bertz CT molecular complexity index is 383. The molecule has 1 aromatic heterocycles. The van der Waals surface area contributed by atoms with E-state index in [1.807, 2.05) is 29.9 Å². The van der Waals surface area contributed by atoms with Gasteiger partial charge in [-0.3, -0.25) is 9.69 Å². The van der Waals surface area contributed by atoms with Gasteiger partial charge < -0.3 is 9.67 Å². The number of aliphatic hydroxyl groups excluding tert-OH is 1. The van der Waals surface area contributed by atoms with Crippen LogP contribution < -0.4 is 0 Å². The van der Waals surface area contributed by atoms with Crippen LogP contribution in [0.2, 0.25) is 0 Å². The van der Waals surface area contributed by atoms with Crippen LogP contribution in [0.25, 0.3) is 0 Å². The second-order valence-corrected chi connectivity index (χ2v) is 4.71. The maximum absolute atomic E-state index is 12.1. The van der Waals surface area contributed by atoms with Gasteiger partial charge in [-0.2, -0.15) is 0 Å². The Morgan fingerprint density at radius 2 is 2.35 bits per heavy atom. The standard InChI is InChI=1S/C13H20N2O2/c1-14-7-3-6-12(14)13(17)10-15(8-9-16)11-4-2-5-11/h3,6-7,11,16H,2,4-5,8-10H2,1H3. The molecule has 0 bridgehead atoms. The van der Waals surface area contributed by atoms with Crippen LogP contribution in [-0.4, -0.2) is 46.1 Å². The Morgan fingerprint density at radius 1 is 1.59 bits per heavy atom. The van der Waals surface area contributed by atoms with E-state index in [1.165, 1.54) is 6.42 Å². The molecule has 17 heavy (non-hydrogen) atoms. The van der Waals surface area contributed by atoms with E-state index in [1.54, 1.807) is 0 Å². The lowest BCUT2D eigenvalue weighted by atomic mass is 9.91. The van der Waals surface area contributed by atoms with E-state index in [2.05, 4.69) is 4.90 Å². The number of rotatable bonds is 6. The minimum Gasteiger partial charge on any atom is -0.395 e. The molecule has 0 spiro atoms. The van der Waals surface area contributed by atoms with Gasteiger partial charge >= 0.3 is 0 Å². The zero-order valence-electron chi connectivity index (χ0n) is 10.3. The van der Waals surface area contributed by atoms with Gasteiger partial charge in [0.2, 0.25) is 0 Å². The quantitative estimate of drug-likeness (QED) is 0.751. The number of aryl methyl sites for hydroxylation is 1. The maximum atomic E-state index is 12.1. The minimum absolute atomic E-state index is 0.122. The summed E-state index contributed by atoms with van der Waals surface area (Å²) in [5.74, 6) is 0.137. The summed E-state index contributed by atoms with van der Waals surface area (Å²) < 4.78 is 1.85. The lowest BCUT2D eigenvalue weighted by Crippen LogP contribution is -2.44. The first-order valence-corrected chi connectivity index (χ1v) is 6.22. The van der Waals surface area contributed by atoms with Crippen LogP contribution in [0.5, 0.6) is 0 Å². The van der Waals surface area contributed by atoms with Gasteiger partial charge in [0.1, 0.15) is 0 Å². The highest BCUT2D eigenvalue weighted by molar-refractivity contribution is 5.96. The third kappa shape index (κ3) is 2.76. The normalized spacial score (nSPS) is 16.2. The first kappa shape index (κ1) is 12.3. The summed E-state index contributed by atoms with van der Waals surface area (Å²) in [6.45, 7) is 1.14. The molecular weight excluding hydrogens is 216 g/mol. The zero-order valence-corrected chi connectivity index (χ0v) is 10.3. The van der Waals surface area contributed by atoms with Crippen molar-refractivity contribution in [3.63, 3.8) is 0 Å². The van der Waals surface area contributed by atoms with Crippen molar-refractivity contribution in [2.24, 2.45) is 7.05 Å². The molecule has 1 N–H and O–H groups in total. The van der Waals surface area contributed by atoms with Crippen LogP contribution in [0.4, 0.5) is 0 Å². The van der Waals surface area contributed by atoms with Gasteiger partial charge in [-0.05, 0) is 25.0 Å². The topological polar surface area (TPSA) is 45.5 Å². The van der Waals surface area contributed by atoms with Crippen molar-refractivity contribution in [1.29, 1.82) is 0 Å². The van der Waals surface area contributed by atoms with Crippen LogP contribution in [0.1, 0.15) is 29.8 Å². The number of carbonyl (C=O) groups excluding carboxylic acids is 1. The summed E-state index contributed by atoms with van der Waals surface area (Å²) in [5.41, 5.74) is 0.743. The fraction of sp³-hybridized carbons (Fsp3) is 0.615. The average molecular weight is 236 g/mol. The molecule has 1 heterocycles. The SMILES string of the molecule is Cn1cccc1C(=O)CN(CCO)C1CCC1.